The lowest BCUT2D eigenvalue weighted by atomic mass is 10.0. The minimum absolute atomic E-state index is 0.00176. The topological polar surface area (TPSA) is 92.9 Å². The van der Waals surface area contributed by atoms with E-state index in [-0.39, 0.29) is 41.1 Å². The fourth-order valence-electron chi connectivity index (χ4n) is 3.57. The van der Waals surface area contributed by atoms with Crippen molar-refractivity contribution < 1.29 is 22.5 Å². The molecule has 2 fully saturated rings. The molecular formula is C16H25N3O5S. The van der Waals surface area contributed by atoms with Crippen LogP contribution in [0, 0.1) is 0 Å². The molecule has 0 aliphatic carbocycles. The molecule has 2 saturated heterocycles. The van der Waals surface area contributed by atoms with Gasteiger partial charge in [0.25, 0.3) is 5.91 Å². The molecule has 0 unspecified atom stereocenters. The highest BCUT2D eigenvalue weighted by Crippen LogP contribution is 2.28. The summed E-state index contributed by atoms with van der Waals surface area (Å²) in [6.45, 7) is 6.23. The third-order valence-electron chi connectivity index (χ3n) is 4.95. The number of fused-ring (bicyclic) bond motifs is 1. The summed E-state index contributed by atoms with van der Waals surface area (Å²) in [4.78, 5) is 16.6. The Labute approximate surface area is 148 Å². The van der Waals surface area contributed by atoms with Crippen molar-refractivity contribution in [2.75, 3.05) is 44.9 Å². The van der Waals surface area contributed by atoms with E-state index in [2.05, 4.69) is 10.1 Å². The number of rotatable bonds is 5. The Morgan fingerprint density at radius 2 is 2.08 bits per heavy atom. The maximum Gasteiger partial charge on any atom is 0.276 e. The first kappa shape index (κ1) is 18.3. The smallest absolute Gasteiger partial charge is 0.276 e. The molecule has 1 aromatic heterocycles. The molecular weight excluding hydrogens is 346 g/mol. The highest BCUT2D eigenvalue weighted by molar-refractivity contribution is 7.91. The second kappa shape index (κ2) is 7.05. The third kappa shape index (κ3) is 3.73. The van der Waals surface area contributed by atoms with Gasteiger partial charge in [-0.15, -0.1) is 0 Å². The van der Waals surface area contributed by atoms with Crippen LogP contribution in [0.15, 0.2) is 10.6 Å². The van der Waals surface area contributed by atoms with Gasteiger partial charge in [-0.2, -0.15) is 0 Å². The lowest BCUT2D eigenvalue weighted by Crippen LogP contribution is -2.61. The minimum Gasteiger partial charge on any atom is -0.383 e. The van der Waals surface area contributed by atoms with Gasteiger partial charge in [-0.3, -0.25) is 9.69 Å². The van der Waals surface area contributed by atoms with Crippen LogP contribution < -0.4 is 0 Å². The van der Waals surface area contributed by atoms with E-state index < -0.39 is 9.84 Å². The summed E-state index contributed by atoms with van der Waals surface area (Å²) in [5.41, 5.74) is 0.247. The molecule has 9 heteroatoms. The van der Waals surface area contributed by atoms with Crippen LogP contribution in [0.3, 0.4) is 0 Å². The van der Waals surface area contributed by atoms with E-state index in [1.807, 2.05) is 13.8 Å². The number of amides is 1. The number of piperazine rings is 1. The Kier molecular flexibility index (Phi) is 5.17. The van der Waals surface area contributed by atoms with E-state index in [9.17, 15) is 13.2 Å². The average Bonchev–Trinajstić information content (AvgIpc) is 3.15. The molecule has 2 aliphatic rings. The van der Waals surface area contributed by atoms with E-state index in [0.29, 0.717) is 32.0 Å². The summed E-state index contributed by atoms with van der Waals surface area (Å²) in [6, 6.07) is 1.12. The molecule has 25 heavy (non-hydrogen) atoms. The molecule has 140 valence electrons. The van der Waals surface area contributed by atoms with Crippen LogP contribution in [0.5, 0.6) is 0 Å². The predicted molar refractivity (Wildman–Crippen MR) is 91.3 cm³/mol. The molecule has 8 nitrogen and oxygen atoms in total. The van der Waals surface area contributed by atoms with Gasteiger partial charge in [0.05, 0.1) is 24.2 Å². The second-order valence-electron chi connectivity index (χ2n) is 7.01. The van der Waals surface area contributed by atoms with Crippen molar-refractivity contribution in [1.82, 2.24) is 15.0 Å². The quantitative estimate of drug-likeness (QED) is 0.738. The zero-order chi connectivity index (χ0) is 18.2. The van der Waals surface area contributed by atoms with Crippen molar-refractivity contribution >= 4 is 15.7 Å². The SMILES string of the molecule is COCCN1CCN(C(=O)c2cc(C(C)C)on2)[C@H]2CS(=O)(=O)C[C@H]21. The summed E-state index contributed by atoms with van der Waals surface area (Å²) in [7, 11) is -1.54. The fraction of sp³-hybridized carbons (Fsp3) is 0.750. The van der Waals surface area contributed by atoms with Gasteiger partial charge in [0, 0.05) is 44.8 Å². The molecule has 0 spiro atoms. The number of hydrogen-bond donors (Lipinski definition) is 0. The molecule has 3 heterocycles. The van der Waals surface area contributed by atoms with E-state index in [1.165, 1.54) is 0 Å². The molecule has 2 atom stereocenters. The molecule has 0 radical (unpaired) electrons. The first-order valence-corrected chi connectivity index (χ1v) is 10.4. The number of nitrogens with zero attached hydrogens (tertiary/aromatic N) is 3. The van der Waals surface area contributed by atoms with Crippen LogP contribution in [0.2, 0.25) is 0 Å². The van der Waals surface area contributed by atoms with Crippen molar-refractivity contribution in [3.8, 4) is 0 Å². The number of carbonyl (C=O) groups is 1. The Bertz CT molecular complexity index is 730. The van der Waals surface area contributed by atoms with Crippen molar-refractivity contribution in [3.05, 3.63) is 17.5 Å². The van der Waals surface area contributed by atoms with Crippen LogP contribution in [-0.4, -0.2) is 86.2 Å². The van der Waals surface area contributed by atoms with Crippen LogP contribution >= 0.6 is 0 Å². The molecule has 1 amide bonds. The summed E-state index contributed by atoms with van der Waals surface area (Å²) >= 11 is 0. The van der Waals surface area contributed by atoms with Gasteiger partial charge in [-0.1, -0.05) is 19.0 Å². The van der Waals surface area contributed by atoms with Gasteiger partial charge in [-0.25, -0.2) is 8.42 Å². The summed E-state index contributed by atoms with van der Waals surface area (Å²) in [6.07, 6.45) is 0. The number of hydrogen-bond acceptors (Lipinski definition) is 7. The summed E-state index contributed by atoms with van der Waals surface area (Å²) < 4.78 is 34.7. The van der Waals surface area contributed by atoms with Crippen molar-refractivity contribution in [2.24, 2.45) is 0 Å². The molecule has 1 aromatic rings. The number of sulfone groups is 1. The number of methoxy groups -OCH3 is 1. The minimum atomic E-state index is -3.16. The zero-order valence-electron chi connectivity index (χ0n) is 14.8. The normalized spacial score (nSPS) is 26.2. The highest BCUT2D eigenvalue weighted by Gasteiger charge is 2.48. The molecule has 0 bridgehead atoms. The van der Waals surface area contributed by atoms with Crippen molar-refractivity contribution in [2.45, 2.75) is 31.8 Å². The van der Waals surface area contributed by atoms with Gasteiger partial charge in [0.15, 0.2) is 15.5 Å². The van der Waals surface area contributed by atoms with Crippen LogP contribution in [-0.2, 0) is 14.6 Å². The van der Waals surface area contributed by atoms with Crippen LogP contribution in [0.25, 0.3) is 0 Å². The van der Waals surface area contributed by atoms with Gasteiger partial charge >= 0.3 is 0 Å². The largest absolute Gasteiger partial charge is 0.383 e. The number of aromatic nitrogens is 1. The molecule has 2 aliphatic heterocycles. The third-order valence-corrected chi connectivity index (χ3v) is 6.65. The van der Waals surface area contributed by atoms with Gasteiger partial charge in [-0.05, 0) is 0 Å². The van der Waals surface area contributed by atoms with E-state index in [1.54, 1.807) is 18.1 Å². The standard InChI is InChI=1S/C16H25N3O5S/c1-11(2)15-8-12(17-24-15)16(20)19-5-4-18(6-7-23-3)13-9-25(21,22)10-14(13)19/h8,11,13-14H,4-7,9-10H2,1-3H3/t13-,14+/m1/s1. The first-order chi connectivity index (χ1) is 11.8. The van der Waals surface area contributed by atoms with E-state index >= 15 is 0 Å². The zero-order valence-corrected chi connectivity index (χ0v) is 15.7. The fourth-order valence-corrected chi connectivity index (χ4v) is 5.58. The predicted octanol–water partition coefficient (Wildman–Crippen LogP) is 0.368. The first-order valence-electron chi connectivity index (χ1n) is 8.53. The van der Waals surface area contributed by atoms with Gasteiger partial charge < -0.3 is 14.2 Å². The Hall–Kier alpha value is -1.45. The summed E-state index contributed by atoms with van der Waals surface area (Å²) in [5, 5.41) is 3.88. The average molecular weight is 371 g/mol. The van der Waals surface area contributed by atoms with E-state index in [0.717, 1.165) is 0 Å². The molecule has 0 aromatic carbocycles. The maximum absolute atomic E-state index is 12.9. The van der Waals surface area contributed by atoms with Crippen molar-refractivity contribution in [1.29, 1.82) is 0 Å². The molecule has 0 N–H and O–H groups in total. The van der Waals surface area contributed by atoms with Crippen molar-refractivity contribution in [3.63, 3.8) is 0 Å². The number of ether oxygens (including phenoxy) is 1. The number of carbonyl (C=O) groups excluding carboxylic acids is 1. The van der Waals surface area contributed by atoms with E-state index in [4.69, 9.17) is 9.26 Å². The lowest BCUT2D eigenvalue weighted by Gasteiger charge is -2.43. The monoisotopic (exact) mass is 371 g/mol. The lowest BCUT2D eigenvalue weighted by molar-refractivity contribution is 0.0240. The van der Waals surface area contributed by atoms with Gasteiger partial charge in [0.2, 0.25) is 0 Å². The Balaban J connectivity index is 1.81. The summed E-state index contributed by atoms with van der Waals surface area (Å²) in [5.74, 6) is 0.620. The Morgan fingerprint density at radius 3 is 2.72 bits per heavy atom. The second-order valence-corrected chi connectivity index (χ2v) is 9.16. The highest BCUT2D eigenvalue weighted by atomic mass is 32.2. The molecule has 3 rings (SSSR count). The maximum atomic E-state index is 12.9. The van der Waals surface area contributed by atoms with Crippen LogP contribution in [0.1, 0.15) is 36.0 Å². The molecule has 0 saturated carbocycles. The van der Waals surface area contributed by atoms with Crippen LogP contribution in [0.4, 0.5) is 0 Å². The van der Waals surface area contributed by atoms with Gasteiger partial charge in [0.1, 0.15) is 5.76 Å². The Morgan fingerprint density at radius 1 is 1.36 bits per heavy atom.